The number of aromatic nitrogens is 1. The van der Waals surface area contributed by atoms with Gasteiger partial charge in [-0.25, -0.2) is 9.78 Å². The van der Waals surface area contributed by atoms with Crippen LogP contribution in [-0.4, -0.2) is 22.3 Å². The number of pyridine rings is 1. The highest BCUT2D eigenvalue weighted by Crippen LogP contribution is 1.96. The summed E-state index contributed by atoms with van der Waals surface area (Å²) in [6.45, 7) is 0. The van der Waals surface area contributed by atoms with Gasteiger partial charge in [-0.1, -0.05) is 0 Å². The van der Waals surface area contributed by atoms with Crippen molar-refractivity contribution in [3.05, 3.63) is 29.6 Å². The van der Waals surface area contributed by atoms with Crippen LogP contribution in [0.4, 0.5) is 0 Å². The zero-order valence-electron chi connectivity index (χ0n) is 5.44. The fourth-order valence-electron chi connectivity index (χ4n) is 0.581. The maximum atomic E-state index is 10.2. The van der Waals surface area contributed by atoms with Gasteiger partial charge in [0.15, 0.2) is 0 Å². The van der Waals surface area contributed by atoms with E-state index in [4.69, 9.17) is 5.11 Å². The van der Waals surface area contributed by atoms with Crippen molar-refractivity contribution in [3.8, 4) is 0 Å². The lowest BCUT2D eigenvalue weighted by Gasteiger charge is -1.90. The van der Waals surface area contributed by atoms with Gasteiger partial charge in [0.05, 0.1) is 0 Å². The topological polar surface area (TPSA) is 67.3 Å². The molecule has 1 radical (unpaired) electrons. The first-order chi connectivity index (χ1) is 5.24. The van der Waals surface area contributed by atoms with Crippen molar-refractivity contribution in [3.63, 3.8) is 0 Å². The van der Waals surface area contributed by atoms with Gasteiger partial charge in [0.25, 0.3) is 0 Å². The molecule has 0 atom stereocenters. The van der Waals surface area contributed by atoms with E-state index >= 15 is 0 Å². The van der Waals surface area contributed by atoms with Crippen molar-refractivity contribution in [2.45, 2.75) is 0 Å². The van der Waals surface area contributed by atoms with Crippen molar-refractivity contribution in [2.75, 3.05) is 0 Å². The average molecular weight is 150 g/mol. The molecule has 0 bridgehead atoms. The molecule has 0 aromatic carbocycles. The van der Waals surface area contributed by atoms with Crippen LogP contribution in [0.5, 0.6) is 0 Å². The molecule has 4 nitrogen and oxygen atoms in total. The number of carboxylic acid groups (broad SMARTS) is 1. The molecule has 1 heterocycles. The van der Waals surface area contributed by atoms with E-state index in [9.17, 15) is 9.59 Å². The minimum absolute atomic E-state index is 0.0796. The summed E-state index contributed by atoms with van der Waals surface area (Å²) in [5.74, 6) is -1.11. The number of aromatic carboxylic acids is 1. The quantitative estimate of drug-likeness (QED) is 0.655. The Bertz CT molecular complexity index is 278. The van der Waals surface area contributed by atoms with Crippen LogP contribution in [0.25, 0.3) is 0 Å². The maximum Gasteiger partial charge on any atom is 0.354 e. The lowest BCUT2D eigenvalue weighted by atomic mass is 10.3. The number of carbonyl (C=O) groups excluding carboxylic acids is 1. The van der Waals surface area contributed by atoms with Gasteiger partial charge in [-0.15, -0.1) is 0 Å². The number of hydrogen-bond acceptors (Lipinski definition) is 3. The molecule has 0 aliphatic carbocycles. The predicted molar refractivity (Wildman–Crippen MR) is 36.0 cm³/mol. The highest BCUT2D eigenvalue weighted by atomic mass is 16.4. The van der Waals surface area contributed by atoms with Gasteiger partial charge in [-0.2, -0.15) is 0 Å². The van der Waals surface area contributed by atoms with Crippen LogP contribution in [0, 0.1) is 0 Å². The van der Waals surface area contributed by atoms with Crippen molar-refractivity contribution >= 4 is 12.3 Å². The Labute approximate surface area is 62.5 Å². The molecule has 0 spiro atoms. The van der Waals surface area contributed by atoms with Crippen LogP contribution in [-0.2, 0) is 4.79 Å². The second kappa shape index (κ2) is 2.92. The van der Waals surface area contributed by atoms with E-state index in [0.717, 1.165) is 6.20 Å². The first-order valence-electron chi connectivity index (χ1n) is 2.81. The van der Waals surface area contributed by atoms with Crippen molar-refractivity contribution < 1.29 is 14.7 Å². The summed E-state index contributed by atoms with van der Waals surface area (Å²) in [5.41, 5.74) is 0.166. The second-order valence-electron chi connectivity index (χ2n) is 1.84. The van der Waals surface area contributed by atoms with E-state index in [1.54, 1.807) is 6.29 Å². The van der Waals surface area contributed by atoms with Crippen LogP contribution >= 0.6 is 0 Å². The highest BCUT2D eigenvalue weighted by molar-refractivity contribution is 5.86. The molecular weight excluding hydrogens is 146 g/mol. The smallest absolute Gasteiger partial charge is 0.354 e. The third kappa shape index (κ3) is 1.61. The third-order valence-electron chi connectivity index (χ3n) is 1.10. The molecule has 1 aromatic heterocycles. The molecule has 0 aliphatic heterocycles. The molecule has 0 aliphatic rings. The minimum atomic E-state index is -1.11. The van der Waals surface area contributed by atoms with Crippen LogP contribution in [0.1, 0.15) is 16.1 Å². The summed E-state index contributed by atoms with van der Waals surface area (Å²) in [6.07, 6.45) is 2.75. The van der Waals surface area contributed by atoms with Gasteiger partial charge in [-0.05, 0) is 12.1 Å². The minimum Gasteiger partial charge on any atom is -0.477 e. The van der Waals surface area contributed by atoms with Crippen molar-refractivity contribution in [1.29, 1.82) is 0 Å². The summed E-state index contributed by atoms with van der Waals surface area (Å²) >= 11 is 0. The van der Waals surface area contributed by atoms with E-state index in [1.807, 2.05) is 0 Å². The predicted octanol–water partition coefficient (Wildman–Crippen LogP) is 0.238. The largest absolute Gasteiger partial charge is 0.477 e. The number of hydrogen-bond donors (Lipinski definition) is 1. The normalized spacial score (nSPS) is 9.09. The molecule has 55 valence electrons. The SMILES string of the molecule is O=[C]c1ccc(C(=O)O)nc1. The number of rotatable bonds is 2. The van der Waals surface area contributed by atoms with E-state index in [-0.39, 0.29) is 11.3 Å². The Morgan fingerprint density at radius 2 is 2.27 bits per heavy atom. The summed E-state index contributed by atoms with van der Waals surface area (Å²) in [5, 5.41) is 8.39. The Kier molecular flexibility index (Phi) is 1.96. The van der Waals surface area contributed by atoms with Gasteiger partial charge in [-0.3, -0.25) is 4.79 Å². The molecule has 4 heteroatoms. The number of carbonyl (C=O) groups is 1. The van der Waals surface area contributed by atoms with Crippen molar-refractivity contribution in [1.82, 2.24) is 4.98 Å². The molecule has 0 fully saturated rings. The zero-order chi connectivity index (χ0) is 8.27. The zero-order valence-corrected chi connectivity index (χ0v) is 5.44. The Morgan fingerprint density at radius 1 is 1.55 bits per heavy atom. The molecular formula is C7H4NO3. The van der Waals surface area contributed by atoms with E-state index in [0.29, 0.717) is 0 Å². The van der Waals surface area contributed by atoms with Gasteiger partial charge in [0.1, 0.15) is 5.69 Å². The van der Waals surface area contributed by atoms with Gasteiger partial charge < -0.3 is 5.11 Å². The lowest BCUT2D eigenvalue weighted by Crippen LogP contribution is -1.99. The molecule has 1 aromatic rings. The monoisotopic (exact) mass is 150 g/mol. The summed E-state index contributed by atoms with van der Waals surface area (Å²) < 4.78 is 0. The summed E-state index contributed by atoms with van der Waals surface area (Å²) in [6, 6.07) is 2.60. The fraction of sp³-hybridized carbons (Fsp3) is 0. The molecule has 0 amide bonds. The Balaban J connectivity index is 3.00. The van der Waals surface area contributed by atoms with Crippen molar-refractivity contribution in [2.24, 2.45) is 0 Å². The molecule has 0 saturated heterocycles. The van der Waals surface area contributed by atoms with Gasteiger partial charge >= 0.3 is 5.97 Å². The molecule has 0 unspecified atom stereocenters. The number of carboxylic acids is 1. The number of nitrogens with zero attached hydrogens (tertiary/aromatic N) is 1. The average Bonchev–Trinajstić information content (AvgIpc) is 2.05. The van der Waals surface area contributed by atoms with Crippen LogP contribution in [0.3, 0.4) is 0 Å². The lowest BCUT2D eigenvalue weighted by molar-refractivity contribution is 0.0690. The van der Waals surface area contributed by atoms with Crippen LogP contribution < -0.4 is 0 Å². The third-order valence-corrected chi connectivity index (χ3v) is 1.10. The van der Waals surface area contributed by atoms with E-state index in [1.165, 1.54) is 12.1 Å². The molecule has 0 saturated carbocycles. The highest BCUT2D eigenvalue weighted by Gasteiger charge is 2.02. The maximum absolute atomic E-state index is 10.2. The van der Waals surface area contributed by atoms with Gasteiger partial charge in [0, 0.05) is 11.8 Å². The second-order valence-corrected chi connectivity index (χ2v) is 1.84. The van der Waals surface area contributed by atoms with E-state index < -0.39 is 5.97 Å². The van der Waals surface area contributed by atoms with Gasteiger partial charge in [0.2, 0.25) is 6.29 Å². The molecule has 11 heavy (non-hydrogen) atoms. The summed E-state index contributed by atoms with van der Waals surface area (Å²) in [7, 11) is 0. The fourth-order valence-corrected chi connectivity index (χ4v) is 0.581. The Morgan fingerprint density at radius 3 is 2.64 bits per heavy atom. The van der Waals surface area contributed by atoms with Crippen LogP contribution in [0.2, 0.25) is 0 Å². The molecule has 1 N–H and O–H groups in total. The standard InChI is InChI=1S/C7H4NO3/c9-4-5-1-2-6(7(10)11)8-3-5/h1-3H,(H,10,11). The van der Waals surface area contributed by atoms with Crippen LogP contribution in [0.15, 0.2) is 18.3 Å². The first kappa shape index (κ1) is 7.40. The molecule has 1 rings (SSSR count). The Hall–Kier alpha value is -1.71. The first-order valence-corrected chi connectivity index (χ1v) is 2.81. The summed E-state index contributed by atoms with van der Waals surface area (Å²) in [4.78, 5) is 23.7. The van der Waals surface area contributed by atoms with E-state index in [2.05, 4.69) is 4.98 Å².